The Hall–Kier alpha value is -0.180. The summed E-state index contributed by atoms with van der Waals surface area (Å²) >= 11 is 1.76. The maximum Gasteiger partial charge on any atom is 0.308 e. The Morgan fingerprint density at radius 1 is 1.64 bits per heavy atom. The summed E-state index contributed by atoms with van der Waals surface area (Å²) in [5.41, 5.74) is 0. The van der Waals surface area contributed by atoms with Gasteiger partial charge in [-0.1, -0.05) is 6.92 Å². The molecule has 0 aromatic carbocycles. The van der Waals surface area contributed by atoms with Crippen LogP contribution < -0.4 is 0 Å². The summed E-state index contributed by atoms with van der Waals surface area (Å²) < 4.78 is 4.85. The van der Waals surface area contributed by atoms with Gasteiger partial charge in [0.1, 0.15) is 0 Å². The summed E-state index contributed by atoms with van der Waals surface area (Å²) in [6.45, 7) is 4.23. The van der Waals surface area contributed by atoms with E-state index in [1.165, 1.54) is 0 Å². The largest absolute Gasteiger partial charge is 0.466 e. The van der Waals surface area contributed by atoms with Gasteiger partial charge in [-0.15, -0.1) is 0 Å². The van der Waals surface area contributed by atoms with Gasteiger partial charge in [0.25, 0.3) is 0 Å². The van der Waals surface area contributed by atoms with Gasteiger partial charge in [0.2, 0.25) is 0 Å². The van der Waals surface area contributed by atoms with Crippen molar-refractivity contribution in [2.75, 3.05) is 18.6 Å². The zero-order valence-electron chi connectivity index (χ0n) is 7.42. The third-order valence-corrected chi connectivity index (χ3v) is 2.09. The fourth-order valence-corrected chi connectivity index (χ4v) is 1.29. The Balaban J connectivity index is 3.46. The van der Waals surface area contributed by atoms with E-state index in [1.807, 2.05) is 20.1 Å². The van der Waals surface area contributed by atoms with E-state index in [4.69, 9.17) is 4.74 Å². The van der Waals surface area contributed by atoms with Crippen LogP contribution >= 0.6 is 11.8 Å². The predicted molar refractivity (Wildman–Crippen MR) is 48.8 cm³/mol. The Kier molecular flexibility index (Phi) is 6.42. The van der Waals surface area contributed by atoms with Crippen LogP contribution in [0.15, 0.2) is 0 Å². The van der Waals surface area contributed by atoms with Crippen molar-refractivity contribution in [3.63, 3.8) is 0 Å². The fraction of sp³-hybridized carbons (Fsp3) is 0.875. The third kappa shape index (κ3) is 5.13. The maximum absolute atomic E-state index is 11.0. The van der Waals surface area contributed by atoms with Crippen LogP contribution in [0.3, 0.4) is 0 Å². The van der Waals surface area contributed by atoms with Crippen molar-refractivity contribution in [1.29, 1.82) is 0 Å². The first-order valence-corrected chi connectivity index (χ1v) is 5.27. The molecule has 0 radical (unpaired) electrons. The monoisotopic (exact) mass is 176 g/mol. The lowest BCUT2D eigenvalue weighted by Crippen LogP contribution is -2.15. The molecule has 0 fully saturated rings. The lowest BCUT2D eigenvalue weighted by Gasteiger charge is -2.08. The molecule has 0 aliphatic heterocycles. The van der Waals surface area contributed by atoms with E-state index in [0.717, 1.165) is 12.2 Å². The average Bonchev–Trinajstić information content (AvgIpc) is 2.00. The number of esters is 1. The molecule has 0 aromatic rings. The summed E-state index contributed by atoms with van der Waals surface area (Å²) in [4.78, 5) is 11.0. The first-order chi connectivity index (χ1) is 5.22. The summed E-state index contributed by atoms with van der Waals surface area (Å²) in [5, 5.41) is 0. The molecule has 1 atom stereocenters. The maximum atomic E-state index is 11.0. The van der Waals surface area contributed by atoms with Gasteiger partial charge < -0.3 is 4.74 Å². The lowest BCUT2D eigenvalue weighted by molar-refractivity contribution is -0.147. The molecule has 0 rings (SSSR count). The van der Waals surface area contributed by atoms with Gasteiger partial charge in [-0.2, -0.15) is 11.8 Å². The van der Waals surface area contributed by atoms with E-state index in [1.54, 1.807) is 11.8 Å². The highest BCUT2D eigenvalue weighted by molar-refractivity contribution is 7.98. The minimum Gasteiger partial charge on any atom is -0.466 e. The molecule has 0 aliphatic rings. The van der Waals surface area contributed by atoms with Crippen LogP contribution in [-0.4, -0.2) is 24.6 Å². The van der Waals surface area contributed by atoms with E-state index in [9.17, 15) is 4.79 Å². The van der Waals surface area contributed by atoms with E-state index in [-0.39, 0.29) is 11.9 Å². The van der Waals surface area contributed by atoms with Crippen molar-refractivity contribution in [3.05, 3.63) is 0 Å². The highest BCUT2D eigenvalue weighted by Crippen LogP contribution is 2.08. The van der Waals surface area contributed by atoms with Gasteiger partial charge >= 0.3 is 5.97 Å². The molecule has 66 valence electrons. The van der Waals surface area contributed by atoms with Gasteiger partial charge in [-0.05, 0) is 25.4 Å². The molecule has 0 aromatic heterocycles. The van der Waals surface area contributed by atoms with E-state index < -0.39 is 0 Å². The molecule has 0 N–H and O–H groups in total. The van der Waals surface area contributed by atoms with E-state index in [2.05, 4.69) is 0 Å². The van der Waals surface area contributed by atoms with Crippen molar-refractivity contribution in [2.45, 2.75) is 20.3 Å². The number of hydrogen-bond donors (Lipinski definition) is 0. The molecule has 0 heterocycles. The predicted octanol–water partition coefficient (Wildman–Crippen LogP) is 1.94. The normalized spacial score (nSPS) is 12.6. The molecule has 0 spiro atoms. The van der Waals surface area contributed by atoms with Crippen LogP contribution in [0.5, 0.6) is 0 Å². The van der Waals surface area contributed by atoms with Crippen molar-refractivity contribution >= 4 is 17.7 Å². The Morgan fingerprint density at radius 3 is 2.73 bits per heavy atom. The molecule has 11 heavy (non-hydrogen) atoms. The highest BCUT2D eigenvalue weighted by Gasteiger charge is 2.12. The van der Waals surface area contributed by atoms with Gasteiger partial charge in [-0.25, -0.2) is 0 Å². The Labute approximate surface area is 72.7 Å². The lowest BCUT2D eigenvalue weighted by atomic mass is 10.1. The number of carbonyl (C=O) groups excluding carboxylic acids is 1. The van der Waals surface area contributed by atoms with Gasteiger partial charge in [-0.3, -0.25) is 4.79 Å². The van der Waals surface area contributed by atoms with Gasteiger partial charge in [0.15, 0.2) is 0 Å². The number of rotatable bonds is 5. The van der Waals surface area contributed by atoms with E-state index in [0.29, 0.717) is 6.61 Å². The van der Waals surface area contributed by atoms with Crippen LogP contribution in [0.25, 0.3) is 0 Å². The number of carbonyl (C=O) groups is 1. The van der Waals surface area contributed by atoms with Crippen LogP contribution in [0.1, 0.15) is 20.3 Å². The molecule has 0 aliphatic carbocycles. The number of thioether (sulfide) groups is 1. The second-order valence-electron chi connectivity index (χ2n) is 2.43. The van der Waals surface area contributed by atoms with Crippen LogP contribution in [0.4, 0.5) is 0 Å². The number of ether oxygens (including phenoxy) is 1. The van der Waals surface area contributed by atoms with Crippen LogP contribution in [0.2, 0.25) is 0 Å². The van der Waals surface area contributed by atoms with Crippen LogP contribution in [-0.2, 0) is 9.53 Å². The molecule has 0 bridgehead atoms. The first kappa shape index (κ1) is 10.8. The summed E-state index contributed by atoms with van der Waals surface area (Å²) in [7, 11) is 0. The third-order valence-electron chi connectivity index (χ3n) is 1.44. The molecule has 2 nitrogen and oxygen atoms in total. The molecule has 0 amide bonds. The zero-order valence-corrected chi connectivity index (χ0v) is 8.24. The SMILES string of the molecule is CCOC(=O)[C@@H](C)CCSC. The fourth-order valence-electron chi connectivity index (χ4n) is 0.697. The highest BCUT2D eigenvalue weighted by atomic mass is 32.2. The molecule has 0 saturated carbocycles. The first-order valence-electron chi connectivity index (χ1n) is 3.88. The molecule has 0 saturated heterocycles. The minimum atomic E-state index is -0.0680. The van der Waals surface area contributed by atoms with Crippen molar-refractivity contribution in [3.8, 4) is 0 Å². The molecular weight excluding hydrogens is 160 g/mol. The summed E-state index contributed by atoms with van der Waals surface area (Å²) in [5.74, 6) is 1.02. The zero-order chi connectivity index (χ0) is 8.69. The van der Waals surface area contributed by atoms with E-state index >= 15 is 0 Å². The molecule has 3 heteroatoms. The Morgan fingerprint density at radius 2 is 2.27 bits per heavy atom. The Bertz CT molecular complexity index is 115. The topological polar surface area (TPSA) is 26.3 Å². The average molecular weight is 176 g/mol. The molecule has 0 unspecified atom stereocenters. The van der Waals surface area contributed by atoms with Gasteiger partial charge in [0.05, 0.1) is 12.5 Å². The van der Waals surface area contributed by atoms with Gasteiger partial charge in [0, 0.05) is 0 Å². The smallest absolute Gasteiger partial charge is 0.308 e. The summed E-state index contributed by atoms with van der Waals surface area (Å²) in [6, 6.07) is 0. The standard InChI is InChI=1S/C8H16O2S/c1-4-10-8(9)7(2)5-6-11-3/h7H,4-6H2,1-3H3/t7-/m0/s1. The summed E-state index contributed by atoms with van der Waals surface area (Å²) in [6.07, 6.45) is 2.96. The van der Waals surface area contributed by atoms with Crippen LogP contribution in [0, 0.1) is 5.92 Å². The van der Waals surface area contributed by atoms with Crippen molar-refractivity contribution in [1.82, 2.24) is 0 Å². The number of hydrogen-bond acceptors (Lipinski definition) is 3. The molecular formula is C8H16O2S. The van der Waals surface area contributed by atoms with Crippen molar-refractivity contribution in [2.24, 2.45) is 5.92 Å². The minimum absolute atomic E-state index is 0.0578. The second-order valence-corrected chi connectivity index (χ2v) is 3.42. The second kappa shape index (κ2) is 6.53. The van der Waals surface area contributed by atoms with Crippen molar-refractivity contribution < 1.29 is 9.53 Å². The quantitative estimate of drug-likeness (QED) is 0.599.